The summed E-state index contributed by atoms with van der Waals surface area (Å²) in [6, 6.07) is 12.3. The predicted molar refractivity (Wildman–Crippen MR) is 110 cm³/mol. The Kier molecular flexibility index (Phi) is 6.27. The van der Waals surface area contributed by atoms with Crippen LogP contribution in [0.15, 0.2) is 53.1 Å². The molecular formula is C23H23F2N3O3. The van der Waals surface area contributed by atoms with E-state index in [4.69, 9.17) is 9.26 Å². The second-order valence-corrected chi connectivity index (χ2v) is 7.51. The van der Waals surface area contributed by atoms with Crippen LogP contribution in [0.1, 0.15) is 27.4 Å². The number of amides is 1. The molecule has 1 aliphatic rings. The van der Waals surface area contributed by atoms with Crippen molar-refractivity contribution < 1.29 is 22.8 Å². The average molecular weight is 427 g/mol. The Morgan fingerprint density at radius 3 is 2.52 bits per heavy atom. The van der Waals surface area contributed by atoms with Gasteiger partial charge in [-0.15, -0.1) is 0 Å². The summed E-state index contributed by atoms with van der Waals surface area (Å²) in [5.74, 6) is 0.00725. The van der Waals surface area contributed by atoms with Crippen LogP contribution in [0.3, 0.4) is 0 Å². The number of benzene rings is 2. The van der Waals surface area contributed by atoms with E-state index in [0.717, 1.165) is 5.56 Å². The van der Waals surface area contributed by atoms with Crippen molar-refractivity contribution in [3.05, 3.63) is 82.7 Å². The Bertz CT molecular complexity index is 1040. The molecule has 0 spiro atoms. The molecule has 1 amide bonds. The van der Waals surface area contributed by atoms with Crippen LogP contribution >= 0.6 is 0 Å². The highest BCUT2D eigenvalue weighted by Gasteiger charge is 2.28. The lowest BCUT2D eigenvalue weighted by atomic mass is 10.1. The number of piperazine rings is 1. The van der Waals surface area contributed by atoms with E-state index in [1.165, 1.54) is 24.3 Å². The number of hydrogen-bond acceptors (Lipinski definition) is 5. The fourth-order valence-corrected chi connectivity index (χ4v) is 3.55. The molecule has 6 nitrogen and oxygen atoms in total. The molecule has 3 aromatic rings. The van der Waals surface area contributed by atoms with E-state index in [0.29, 0.717) is 49.8 Å². The van der Waals surface area contributed by atoms with Crippen LogP contribution in [0.5, 0.6) is 5.75 Å². The van der Waals surface area contributed by atoms with E-state index in [1.807, 2.05) is 0 Å². The van der Waals surface area contributed by atoms with Crippen LogP contribution in [0, 0.1) is 18.6 Å². The second-order valence-electron chi connectivity index (χ2n) is 7.51. The summed E-state index contributed by atoms with van der Waals surface area (Å²) in [7, 11) is 0. The minimum atomic E-state index is -0.394. The summed E-state index contributed by atoms with van der Waals surface area (Å²) in [5.41, 5.74) is 1.81. The van der Waals surface area contributed by atoms with Gasteiger partial charge in [0.2, 0.25) is 0 Å². The van der Waals surface area contributed by atoms with Crippen LogP contribution < -0.4 is 4.74 Å². The van der Waals surface area contributed by atoms with E-state index < -0.39 is 5.82 Å². The number of nitrogens with zero attached hydrogens (tertiary/aromatic N) is 3. The van der Waals surface area contributed by atoms with Crippen molar-refractivity contribution >= 4 is 5.91 Å². The SMILES string of the molecule is Cc1onc(C(=O)N2CCN(Cc3ccc(F)cc3)CC2)c1COc1cccc(F)c1. The normalized spacial score (nSPS) is 14.6. The number of halogens is 2. The smallest absolute Gasteiger partial charge is 0.276 e. The molecule has 0 saturated carbocycles. The van der Waals surface area contributed by atoms with Crippen LogP contribution in [-0.2, 0) is 13.2 Å². The average Bonchev–Trinajstić information content (AvgIpc) is 3.14. The summed E-state index contributed by atoms with van der Waals surface area (Å²) in [6.07, 6.45) is 0. The van der Waals surface area contributed by atoms with Gasteiger partial charge in [0, 0.05) is 38.8 Å². The van der Waals surface area contributed by atoms with E-state index in [2.05, 4.69) is 10.1 Å². The molecule has 162 valence electrons. The van der Waals surface area contributed by atoms with E-state index in [-0.39, 0.29) is 24.0 Å². The topological polar surface area (TPSA) is 58.8 Å². The fourth-order valence-electron chi connectivity index (χ4n) is 3.55. The lowest BCUT2D eigenvalue weighted by Crippen LogP contribution is -2.48. The Hall–Kier alpha value is -3.26. The third kappa shape index (κ3) is 5.08. The van der Waals surface area contributed by atoms with Gasteiger partial charge in [-0.05, 0) is 36.8 Å². The Morgan fingerprint density at radius 1 is 1.06 bits per heavy atom. The monoisotopic (exact) mass is 427 g/mol. The molecule has 0 aliphatic carbocycles. The van der Waals surface area contributed by atoms with E-state index in [9.17, 15) is 13.6 Å². The van der Waals surface area contributed by atoms with Crippen LogP contribution in [0.2, 0.25) is 0 Å². The zero-order valence-corrected chi connectivity index (χ0v) is 17.2. The van der Waals surface area contributed by atoms with Gasteiger partial charge in [0.05, 0.1) is 5.56 Å². The molecule has 0 atom stereocenters. The number of hydrogen-bond donors (Lipinski definition) is 0. The van der Waals surface area contributed by atoms with Crippen LogP contribution in [0.4, 0.5) is 8.78 Å². The number of carbonyl (C=O) groups excluding carboxylic acids is 1. The van der Waals surface area contributed by atoms with E-state index in [1.54, 1.807) is 36.1 Å². The van der Waals surface area contributed by atoms with Crippen molar-refractivity contribution in [1.29, 1.82) is 0 Å². The van der Waals surface area contributed by atoms with Gasteiger partial charge in [-0.2, -0.15) is 0 Å². The third-order valence-corrected chi connectivity index (χ3v) is 5.35. The van der Waals surface area contributed by atoms with Gasteiger partial charge < -0.3 is 14.2 Å². The molecule has 0 bridgehead atoms. The van der Waals surface area contributed by atoms with Gasteiger partial charge in [-0.1, -0.05) is 23.4 Å². The molecule has 1 aliphatic heterocycles. The Labute approximate surface area is 179 Å². The number of carbonyl (C=O) groups is 1. The summed E-state index contributed by atoms with van der Waals surface area (Å²) >= 11 is 0. The number of aromatic nitrogens is 1. The van der Waals surface area contributed by atoms with Crippen LogP contribution in [-0.4, -0.2) is 47.0 Å². The molecule has 1 fully saturated rings. The Balaban J connectivity index is 1.36. The van der Waals surface area contributed by atoms with Crippen molar-refractivity contribution in [2.24, 2.45) is 0 Å². The largest absolute Gasteiger partial charge is 0.489 e. The number of rotatable bonds is 6. The molecule has 8 heteroatoms. The third-order valence-electron chi connectivity index (χ3n) is 5.35. The minimum absolute atomic E-state index is 0.0599. The zero-order chi connectivity index (χ0) is 21.8. The highest BCUT2D eigenvalue weighted by Crippen LogP contribution is 2.21. The molecule has 31 heavy (non-hydrogen) atoms. The lowest BCUT2D eigenvalue weighted by Gasteiger charge is -2.34. The first-order valence-electron chi connectivity index (χ1n) is 10.1. The maximum absolute atomic E-state index is 13.4. The fraction of sp³-hybridized carbons (Fsp3) is 0.304. The number of ether oxygens (including phenoxy) is 1. The highest BCUT2D eigenvalue weighted by molar-refractivity contribution is 5.93. The summed E-state index contributed by atoms with van der Waals surface area (Å²) in [4.78, 5) is 17.0. The van der Waals surface area contributed by atoms with Crippen molar-refractivity contribution in [2.45, 2.75) is 20.1 Å². The van der Waals surface area contributed by atoms with Crippen molar-refractivity contribution in [2.75, 3.05) is 26.2 Å². The molecule has 0 unspecified atom stereocenters. The van der Waals surface area contributed by atoms with Gasteiger partial charge in [0.15, 0.2) is 5.69 Å². The van der Waals surface area contributed by atoms with Crippen LogP contribution in [0.25, 0.3) is 0 Å². The Morgan fingerprint density at radius 2 is 1.81 bits per heavy atom. The maximum atomic E-state index is 13.4. The quantitative estimate of drug-likeness (QED) is 0.599. The molecule has 0 radical (unpaired) electrons. The molecular weight excluding hydrogens is 404 g/mol. The van der Waals surface area contributed by atoms with Crippen molar-refractivity contribution in [3.8, 4) is 5.75 Å². The highest BCUT2D eigenvalue weighted by atomic mass is 19.1. The van der Waals surface area contributed by atoms with E-state index >= 15 is 0 Å². The first-order chi connectivity index (χ1) is 15.0. The van der Waals surface area contributed by atoms with Crippen molar-refractivity contribution in [3.63, 3.8) is 0 Å². The molecule has 2 heterocycles. The summed E-state index contributed by atoms with van der Waals surface area (Å²) in [5, 5.41) is 3.95. The predicted octanol–water partition coefficient (Wildman–Crippen LogP) is 3.80. The van der Waals surface area contributed by atoms with Gasteiger partial charge in [0.25, 0.3) is 5.91 Å². The molecule has 1 saturated heterocycles. The van der Waals surface area contributed by atoms with Gasteiger partial charge in [-0.25, -0.2) is 8.78 Å². The second kappa shape index (κ2) is 9.26. The van der Waals surface area contributed by atoms with Crippen molar-refractivity contribution in [1.82, 2.24) is 15.0 Å². The summed E-state index contributed by atoms with van der Waals surface area (Å²) < 4.78 is 37.3. The molecule has 2 aromatic carbocycles. The molecule has 1 aromatic heterocycles. The molecule has 0 N–H and O–H groups in total. The van der Waals surface area contributed by atoms with Gasteiger partial charge in [-0.3, -0.25) is 9.69 Å². The number of aryl methyl sites for hydroxylation is 1. The lowest BCUT2D eigenvalue weighted by molar-refractivity contribution is 0.0616. The first-order valence-corrected chi connectivity index (χ1v) is 10.1. The summed E-state index contributed by atoms with van der Waals surface area (Å²) in [6.45, 7) is 4.99. The first kappa shape index (κ1) is 21.0. The minimum Gasteiger partial charge on any atom is -0.489 e. The zero-order valence-electron chi connectivity index (χ0n) is 17.2. The van der Waals surface area contributed by atoms with Gasteiger partial charge >= 0.3 is 0 Å². The maximum Gasteiger partial charge on any atom is 0.276 e. The molecule has 4 rings (SSSR count). The van der Waals surface area contributed by atoms with Gasteiger partial charge in [0.1, 0.15) is 29.8 Å². The standard InChI is InChI=1S/C23H23F2N3O3/c1-16-21(15-30-20-4-2-3-19(25)13-20)22(26-31-16)23(29)28-11-9-27(10-12-28)14-17-5-7-18(24)8-6-17/h2-8,13H,9-12,14-15H2,1H3.